The minimum absolute atomic E-state index is 0.0989. The molecule has 3 rings (SSSR count). The van der Waals surface area contributed by atoms with Crippen LogP contribution in [0.1, 0.15) is 43.6 Å². The molecule has 3 unspecified atom stereocenters. The first-order valence-corrected chi connectivity index (χ1v) is 7.95. The normalized spacial score (nSPS) is 29.6. The summed E-state index contributed by atoms with van der Waals surface area (Å²) in [4.78, 5) is 0. The fourth-order valence-corrected chi connectivity index (χ4v) is 3.50. The van der Waals surface area contributed by atoms with E-state index in [0.29, 0.717) is 11.8 Å². The van der Waals surface area contributed by atoms with Gasteiger partial charge in [0, 0.05) is 19.0 Å². The van der Waals surface area contributed by atoms with E-state index in [1.54, 1.807) is 0 Å². The Hall–Kier alpha value is -1.06. The fourth-order valence-electron chi connectivity index (χ4n) is 3.50. The molecule has 0 saturated heterocycles. The number of fused-ring (bicyclic) bond motifs is 1. The minimum atomic E-state index is -0.0989. The van der Waals surface area contributed by atoms with Crippen molar-refractivity contribution in [3.8, 4) is 5.75 Å². The number of aliphatic hydroxyl groups is 1. The Bertz CT molecular complexity index is 435. The van der Waals surface area contributed by atoms with Crippen LogP contribution in [0, 0.1) is 5.92 Å². The van der Waals surface area contributed by atoms with E-state index in [1.807, 2.05) is 6.07 Å². The highest BCUT2D eigenvalue weighted by Crippen LogP contribution is 2.33. The van der Waals surface area contributed by atoms with Crippen LogP contribution in [0.4, 0.5) is 0 Å². The maximum atomic E-state index is 10.0. The van der Waals surface area contributed by atoms with Gasteiger partial charge in [-0.2, -0.15) is 0 Å². The molecule has 3 heteroatoms. The van der Waals surface area contributed by atoms with Gasteiger partial charge in [-0.3, -0.25) is 0 Å². The zero-order valence-corrected chi connectivity index (χ0v) is 12.1. The van der Waals surface area contributed by atoms with Crippen LogP contribution in [-0.2, 0) is 0 Å². The Kier molecular flexibility index (Phi) is 4.58. The molecule has 2 aliphatic rings. The van der Waals surface area contributed by atoms with Crippen molar-refractivity contribution in [1.29, 1.82) is 0 Å². The molecule has 0 aromatic heterocycles. The van der Waals surface area contributed by atoms with Crippen molar-refractivity contribution in [1.82, 2.24) is 5.32 Å². The van der Waals surface area contributed by atoms with Crippen LogP contribution in [0.2, 0.25) is 0 Å². The van der Waals surface area contributed by atoms with Crippen LogP contribution in [-0.4, -0.2) is 30.9 Å². The van der Waals surface area contributed by atoms with E-state index in [0.717, 1.165) is 38.3 Å². The Morgan fingerprint density at radius 2 is 1.95 bits per heavy atom. The summed E-state index contributed by atoms with van der Waals surface area (Å²) in [6.45, 7) is 2.75. The number of ether oxygens (including phenoxy) is 1. The molecule has 0 amide bonds. The standard InChI is InChI=1S/C17H25NO2/c19-16-7-3-1-5-14(16)12-18-11-13-9-10-20-17-8-4-2-6-15(13)17/h2,4,6,8,13-14,16,18-19H,1,3,5,7,9-12H2. The Balaban J connectivity index is 1.52. The van der Waals surface area contributed by atoms with E-state index in [4.69, 9.17) is 4.74 Å². The highest BCUT2D eigenvalue weighted by Gasteiger charge is 2.24. The third kappa shape index (κ3) is 3.15. The number of benzene rings is 1. The Labute approximate surface area is 121 Å². The molecule has 110 valence electrons. The van der Waals surface area contributed by atoms with Gasteiger partial charge in [0.05, 0.1) is 12.7 Å². The molecule has 3 atom stereocenters. The maximum absolute atomic E-state index is 10.0. The van der Waals surface area contributed by atoms with E-state index >= 15 is 0 Å². The van der Waals surface area contributed by atoms with Gasteiger partial charge >= 0.3 is 0 Å². The average Bonchev–Trinajstić information content (AvgIpc) is 2.49. The summed E-state index contributed by atoms with van der Waals surface area (Å²) in [5, 5.41) is 13.6. The molecule has 1 aromatic carbocycles. The number of rotatable bonds is 4. The maximum Gasteiger partial charge on any atom is 0.122 e. The number of para-hydroxylation sites is 1. The topological polar surface area (TPSA) is 41.5 Å². The smallest absolute Gasteiger partial charge is 0.122 e. The van der Waals surface area contributed by atoms with Gasteiger partial charge in [-0.05, 0) is 36.8 Å². The molecule has 1 heterocycles. The zero-order valence-electron chi connectivity index (χ0n) is 12.1. The van der Waals surface area contributed by atoms with Gasteiger partial charge in [-0.15, -0.1) is 0 Å². The molecule has 1 aromatic rings. The first kappa shape index (κ1) is 13.9. The molecule has 3 nitrogen and oxygen atoms in total. The van der Waals surface area contributed by atoms with Crippen molar-refractivity contribution in [3.05, 3.63) is 29.8 Å². The van der Waals surface area contributed by atoms with Crippen LogP contribution in [0.3, 0.4) is 0 Å². The summed E-state index contributed by atoms with van der Waals surface area (Å²) in [5.41, 5.74) is 1.33. The van der Waals surface area contributed by atoms with E-state index < -0.39 is 0 Å². The molecular weight excluding hydrogens is 250 g/mol. The van der Waals surface area contributed by atoms with Crippen molar-refractivity contribution in [2.45, 2.75) is 44.1 Å². The first-order chi connectivity index (χ1) is 9.84. The van der Waals surface area contributed by atoms with Crippen LogP contribution in [0.25, 0.3) is 0 Å². The van der Waals surface area contributed by atoms with Crippen molar-refractivity contribution >= 4 is 0 Å². The van der Waals surface area contributed by atoms with Crippen molar-refractivity contribution in [2.75, 3.05) is 19.7 Å². The molecule has 0 radical (unpaired) electrons. The quantitative estimate of drug-likeness (QED) is 0.887. The Morgan fingerprint density at radius 1 is 1.10 bits per heavy atom. The molecule has 20 heavy (non-hydrogen) atoms. The number of hydrogen-bond donors (Lipinski definition) is 2. The van der Waals surface area contributed by atoms with E-state index in [2.05, 4.69) is 23.5 Å². The van der Waals surface area contributed by atoms with Gasteiger partial charge in [0.25, 0.3) is 0 Å². The molecule has 2 N–H and O–H groups in total. The van der Waals surface area contributed by atoms with Gasteiger partial charge in [0.15, 0.2) is 0 Å². The van der Waals surface area contributed by atoms with Gasteiger partial charge in [-0.25, -0.2) is 0 Å². The molecule has 0 spiro atoms. The SMILES string of the molecule is OC1CCCCC1CNCC1CCOc2ccccc21. The van der Waals surface area contributed by atoms with Crippen LogP contribution < -0.4 is 10.1 Å². The first-order valence-electron chi connectivity index (χ1n) is 7.95. The summed E-state index contributed by atoms with van der Waals surface area (Å²) in [5.74, 6) is 2.03. The van der Waals surface area contributed by atoms with Gasteiger partial charge in [0.1, 0.15) is 5.75 Å². The van der Waals surface area contributed by atoms with Gasteiger partial charge in [-0.1, -0.05) is 31.0 Å². The second-order valence-corrected chi connectivity index (χ2v) is 6.14. The molecular formula is C17H25NO2. The van der Waals surface area contributed by atoms with Crippen LogP contribution in [0.5, 0.6) is 5.75 Å². The largest absolute Gasteiger partial charge is 0.493 e. The zero-order chi connectivity index (χ0) is 13.8. The predicted molar refractivity (Wildman–Crippen MR) is 80.1 cm³/mol. The second-order valence-electron chi connectivity index (χ2n) is 6.14. The summed E-state index contributed by atoms with van der Waals surface area (Å²) in [6.07, 6.45) is 5.58. The lowest BCUT2D eigenvalue weighted by atomic mass is 9.86. The lowest BCUT2D eigenvalue weighted by Crippen LogP contribution is -2.36. The predicted octanol–water partition coefficient (Wildman–Crippen LogP) is 2.69. The van der Waals surface area contributed by atoms with Crippen molar-refractivity contribution in [2.24, 2.45) is 5.92 Å². The summed E-state index contributed by atoms with van der Waals surface area (Å²) in [6, 6.07) is 8.36. The number of nitrogens with one attached hydrogen (secondary N) is 1. The highest BCUT2D eigenvalue weighted by molar-refractivity contribution is 5.37. The highest BCUT2D eigenvalue weighted by atomic mass is 16.5. The fraction of sp³-hybridized carbons (Fsp3) is 0.647. The van der Waals surface area contributed by atoms with Crippen molar-refractivity contribution < 1.29 is 9.84 Å². The lowest BCUT2D eigenvalue weighted by molar-refractivity contribution is 0.0693. The van der Waals surface area contributed by atoms with Crippen molar-refractivity contribution in [3.63, 3.8) is 0 Å². The van der Waals surface area contributed by atoms with Crippen LogP contribution >= 0.6 is 0 Å². The monoisotopic (exact) mass is 275 g/mol. The Morgan fingerprint density at radius 3 is 2.85 bits per heavy atom. The molecule has 1 aliphatic heterocycles. The number of aliphatic hydroxyl groups excluding tert-OH is 1. The summed E-state index contributed by atoms with van der Waals surface area (Å²) < 4.78 is 5.70. The lowest BCUT2D eigenvalue weighted by Gasteiger charge is -2.30. The summed E-state index contributed by atoms with van der Waals surface area (Å²) >= 11 is 0. The molecule has 0 bridgehead atoms. The molecule has 1 saturated carbocycles. The van der Waals surface area contributed by atoms with E-state index in [1.165, 1.54) is 24.8 Å². The molecule has 1 aliphatic carbocycles. The minimum Gasteiger partial charge on any atom is -0.493 e. The summed E-state index contributed by atoms with van der Waals surface area (Å²) in [7, 11) is 0. The third-order valence-corrected chi connectivity index (χ3v) is 4.75. The average molecular weight is 275 g/mol. The number of hydrogen-bond acceptors (Lipinski definition) is 3. The molecule has 1 fully saturated rings. The van der Waals surface area contributed by atoms with E-state index in [-0.39, 0.29) is 6.10 Å². The van der Waals surface area contributed by atoms with Gasteiger partial charge < -0.3 is 15.2 Å². The van der Waals surface area contributed by atoms with Crippen LogP contribution in [0.15, 0.2) is 24.3 Å². The van der Waals surface area contributed by atoms with Gasteiger partial charge in [0.2, 0.25) is 0 Å². The second kappa shape index (κ2) is 6.59. The van der Waals surface area contributed by atoms with E-state index in [9.17, 15) is 5.11 Å². The third-order valence-electron chi connectivity index (χ3n) is 4.75.